The van der Waals surface area contributed by atoms with E-state index in [4.69, 9.17) is 4.42 Å². The van der Waals surface area contributed by atoms with E-state index < -0.39 is 0 Å². The molecule has 0 unspecified atom stereocenters. The quantitative estimate of drug-likeness (QED) is 0.807. The third kappa shape index (κ3) is 1.76. The van der Waals surface area contributed by atoms with Crippen LogP contribution in [0.4, 0.5) is 5.82 Å². The van der Waals surface area contributed by atoms with E-state index in [9.17, 15) is 0 Å². The Balaban J connectivity index is 1.85. The molecule has 84 valence electrons. The standard InChI is InChI=1S/C12H15N3O/c1-2-9(8-13-5-1)15-12-10-4-7-16-11(10)3-6-14-12/h3-4,6-7,9,13H,1-2,5,8H2,(H,14,15)/t9-/m1/s1. The number of piperidine rings is 1. The summed E-state index contributed by atoms with van der Waals surface area (Å²) in [6.45, 7) is 2.14. The molecule has 1 atom stereocenters. The first-order valence-electron chi connectivity index (χ1n) is 5.73. The van der Waals surface area contributed by atoms with Crippen molar-refractivity contribution >= 4 is 16.8 Å². The van der Waals surface area contributed by atoms with Crippen LogP contribution < -0.4 is 10.6 Å². The maximum Gasteiger partial charge on any atom is 0.139 e. The van der Waals surface area contributed by atoms with Gasteiger partial charge in [-0.15, -0.1) is 0 Å². The zero-order chi connectivity index (χ0) is 10.8. The van der Waals surface area contributed by atoms with Gasteiger partial charge < -0.3 is 15.1 Å². The van der Waals surface area contributed by atoms with Gasteiger partial charge in [-0.25, -0.2) is 4.98 Å². The molecule has 2 aromatic heterocycles. The lowest BCUT2D eigenvalue weighted by Gasteiger charge is -2.24. The molecular formula is C12H15N3O. The molecule has 1 fully saturated rings. The first kappa shape index (κ1) is 9.66. The fourth-order valence-corrected chi connectivity index (χ4v) is 2.18. The zero-order valence-corrected chi connectivity index (χ0v) is 9.07. The summed E-state index contributed by atoms with van der Waals surface area (Å²) in [5.74, 6) is 0.931. The predicted molar refractivity (Wildman–Crippen MR) is 63.5 cm³/mol. The lowest BCUT2D eigenvalue weighted by atomic mass is 10.1. The summed E-state index contributed by atoms with van der Waals surface area (Å²) in [7, 11) is 0. The average Bonchev–Trinajstić information content (AvgIpc) is 2.80. The SMILES string of the molecule is c1cc2occc2c(N[C@@H]2CCCNC2)n1. The molecule has 0 radical (unpaired) electrons. The molecule has 1 aliphatic rings. The Morgan fingerprint density at radius 1 is 1.44 bits per heavy atom. The molecule has 1 aliphatic heterocycles. The number of furan rings is 1. The third-order valence-corrected chi connectivity index (χ3v) is 3.02. The van der Waals surface area contributed by atoms with E-state index in [2.05, 4.69) is 15.6 Å². The molecule has 0 aliphatic carbocycles. The molecule has 2 N–H and O–H groups in total. The van der Waals surface area contributed by atoms with E-state index in [-0.39, 0.29) is 0 Å². The van der Waals surface area contributed by atoms with Crippen LogP contribution >= 0.6 is 0 Å². The highest BCUT2D eigenvalue weighted by Gasteiger charge is 2.14. The van der Waals surface area contributed by atoms with Gasteiger partial charge in [0.2, 0.25) is 0 Å². The Morgan fingerprint density at radius 2 is 2.44 bits per heavy atom. The largest absolute Gasteiger partial charge is 0.464 e. The Kier molecular flexibility index (Phi) is 2.50. The van der Waals surface area contributed by atoms with Crippen molar-refractivity contribution < 1.29 is 4.42 Å². The van der Waals surface area contributed by atoms with Gasteiger partial charge >= 0.3 is 0 Å². The Labute approximate surface area is 94.0 Å². The maximum absolute atomic E-state index is 5.35. The van der Waals surface area contributed by atoms with Crippen LogP contribution in [0.5, 0.6) is 0 Å². The number of aromatic nitrogens is 1. The topological polar surface area (TPSA) is 50.1 Å². The van der Waals surface area contributed by atoms with Crippen molar-refractivity contribution in [1.82, 2.24) is 10.3 Å². The summed E-state index contributed by atoms with van der Waals surface area (Å²) in [5.41, 5.74) is 0.890. The van der Waals surface area contributed by atoms with Gasteiger partial charge in [0.15, 0.2) is 0 Å². The highest BCUT2D eigenvalue weighted by Crippen LogP contribution is 2.23. The van der Waals surface area contributed by atoms with Crippen LogP contribution in [-0.2, 0) is 0 Å². The van der Waals surface area contributed by atoms with E-state index in [1.165, 1.54) is 12.8 Å². The molecule has 0 saturated carbocycles. The second-order valence-corrected chi connectivity index (χ2v) is 4.18. The minimum Gasteiger partial charge on any atom is -0.464 e. The van der Waals surface area contributed by atoms with Gasteiger partial charge in [-0.1, -0.05) is 0 Å². The summed E-state index contributed by atoms with van der Waals surface area (Å²) >= 11 is 0. The minimum atomic E-state index is 0.474. The van der Waals surface area contributed by atoms with E-state index in [1.807, 2.05) is 12.1 Å². The number of rotatable bonds is 2. The molecule has 2 aromatic rings. The Bertz CT molecular complexity index is 474. The highest BCUT2D eigenvalue weighted by atomic mass is 16.3. The third-order valence-electron chi connectivity index (χ3n) is 3.02. The first-order valence-corrected chi connectivity index (χ1v) is 5.73. The Hall–Kier alpha value is -1.55. The second kappa shape index (κ2) is 4.14. The fraction of sp³-hybridized carbons (Fsp3) is 0.417. The lowest BCUT2D eigenvalue weighted by Crippen LogP contribution is -2.38. The van der Waals surface area contributed by atoms with Crippen molar-refractivity contribution in [3.8, 4) is 0 Å². The zero-order valence-electron chi connectivity index (χ0n) is 9.07. The van der Waals surface area contributed by atoms with Crippen molar-refractivity contribution in [2.75, 3.05) is 18.4 Å². The van der Waals surface area contributed by atoms with Crippen molar-refractivity contribution in [3.05, 3.63) is 24.6 Å². The van der Waals surface area contributed by atoms with Crippen LogP contribution in [-0.4, -0.2) is 24.1 Å². The van der Waals surface area contributed by atoms with Crippen molar-refractivity contribution in [1.29, 1.82) is 0 Å². The molecule has 16 heavy (non-hydrogen) atoms. The van der Waals surface area contributed by atoms with Crippen molar-refractivity contribution in [3.63, 3.8) is 0 Å². The molecule has 0 amide bonds. The molecule has 1 saturated heterocycles. The van der Waals surface area contributed by atoms with Gasteiger partial charge in [-0.3, -0.25) is 0 Å². The number of fused-ring (bicyclic) bond motifs is 1. The molecule has 3 rings (SSSR count). The van der Waals surface area contributed by atoms with Crippen LogP contribution in [0.15, 0.2) is 29.0 Å². The molecule has 0 aromatic carbocycles. The van der Waals surface area contributed by atoms with Gasteiger partial charge in [-0.2, -0.15) is 0 Å². The minimum absolute atomic E-state index is 0.474. The van der Waals surface area contributed by atoms with Crippen LogP contribution in [0.25, 0.3) is 11.0 Å². The molecule has 4 nitrogen and oxygen atoms in total. The predicted octanol–water partition coefficient (Wildman–Crippen LogP) is 1.99. The van der Waals surface area contributed by atoms with Gasteiger partial charge in [0, 0.05) is 18.8 Å². The number of hydrogen-bond donors (Lipinski definition) is 2. The molecule has 3 heterocycles. The summed E-state index contributed by atoms with van der Waals surface area (Å²) in [4.78, 5) is 4.37. The molecule has 0 spiro atoms. The Morgan fingerprint density at radius 3 is 3.31 bits per heavy atom. The number of nitrogens with zero attached hydrogens (tertiary/aromatic N) is 1. The van der Waals surface area contributed by atoms with Gasteiger partial charge in [0.25, 0.3) is 0 Å². The molecular weight excluding hydrogens is 202 g/mol. The first-order chi connectivity index (χ1) is 7.93. The van der Waals surface area contributed by atoms with E-state index >= 15 is 0 Å². The summed E-state index contributed by atoms with van der Waals surface area (Å²) in [5, 5.41) is 7.92. The van der Waals surface area contributed by atoms with Gasteiger partial charge in [-0.05, 0) is 31.5 Å². The number of hydrogen-bond acceptors (Lipinski definition) is 4. The van der Waals surface area contributed by atoms with Crippen molar-refractivity contribution in [2.45, 2.75) is 18.9 Å². The normalized spacial score (nSPS) is 21.1. The summed E-state index contributed by atoms with van der Waals surface area (Å²) in [6.07, 6.45) is 5.91. The number of pyridine rings is 1. The highest BCUT2D eigenvalue weighted by molar-refractivity contribution is 5.87. The number of nitrogens with one attached hydrogen (secondary N) is 2. The molecule has 4 heteroatoms. The van der Waals surface area contributed by atoms with Gasteiger partial charge in [0.05, 0.1) is 11.6 Å². The monoisotopic (exact) mass is 217 g/mol. The smallest absolute Gasteiger partial charge is 0.139 e. The van der Waals surface area contributed by atoms with Crippen LogP contribution in [0.3, 0.4) is 0 Å². The van der Waals surface area contributed by atoms with Crippen molar-refractivity contribution in [2.24, 2.45) is 0 Å². The fourth-order valence-electron chi connectivity index (χ4n) is 2.18. The van der Waals surface area contributed by atoms with Gasteiger partial charge in [0.1, 0.15) is 11.4 Å². The summed E-state index contributed by atoms with van der Waals surface area (Å²) in [6, 6.07) is 4.32. The second-order valence-electron chi connectivity index (χ2n) is 4.18. The van der Waals surface area contributed by atoms with Crippen LogP contribution in [0, 0.1) is 0 Å². The van der Waals surface area contributed by atoms with E-state index in [1.54, 1.807) is 12.5 Å². The van der Waals surface area contributed by atoms with Crippen LogP contribution in [0.2, 0.25) is 0 Å². The number of anilines is 1. The van der Waals surface area contributed by atoms with E-state index in [0.29, 0.717) is 6.04 Å². The maximum atomic E-state index is 5.35. The lowest BCUT2D eigenvalue weighted by molar-refractivity contribution is 0.479. The average molecular weight is 217 g/mol. The summed E-state index contributed by atoms with van der Waals surface area (Å²) < 4.78 is 5.35. The van der Waals surface area contributed by atoms with Crippen LogP contribution in [0.1, 0.15) is 12.8 Å². The van der Waals surface area contributed by atoms with E-state index in [0.717, 1.165) is 29.9 Å². The molecule has 0 bridgehead atoms.